The van der Waals surface area contributed by atoms with E-state index in [0.717, 1.165) is 0 Å². The molecule has 2 saturated heterocycles. The van der Waals surface area contributed by atoms with E-state index in [1.807, 2.05) is 0 Å². The number of carbonyl (C=O) groups is 3. The van der Waals surface area contributed by atoms with Crippen LogP contribution in [-0.2, 0) is 14.3 Å². The lowest BCUT2D eigenvalue weighted by Gasteiger charge is -2.32. The number of nitrogens with zero attached hydrogens (tertiary/aromatic N) is 2. The van der Waals surface area contributed by atoms with Gasteiger partial charge < -0.3 is 25.0 Å². The minimum absolute atomic E-state index is 0.0528. The Morgan fingerprint density at radius 2 is 1.95 bits per heavy atom. The maximum atomic E-state index is 12.1. The predicted molar refractivity (Wildman–Crippen MR) is 72.8 cm³/mol. The van der Waals surface area contributed by atoms with Gasteiger partial charge >= 0.3 is 12.0 Å². The number of likely N-dealkylation sites (N-methyl/N-ethyl adjacent to an activating group) is 1. The number of piperidine rings is 1. The van der Waals surface area contributed by atoms with Crippen LogP contribution in [0.4, 0.5) is 4.79 Å². The fourth-order valence-corrected chi connectivity index (χ4v) is 2.61. The Morgan fingerprint density at radius 1 is 1.29 bits per heavy atom. The van der Waals surface area contributed by atoms with Crippen molar-refractivity contribution in [2.24, 2.45) is 0 Å². The summed E-state index contributed by atoms with van der Waals surface area (Å²) in [5.41, 5.74) is 0. The molecule has 1 atom stereocenters. The van der Waals surface area contributed by atoms with Crippen molar-refractivity contribution in [1.29, 1.82) is 0 Å². The Labute approximate surface area is 123 Å². The Balaban J connectivity index is 1.73. The summed E-state index contributed by atoms with van der Waals surface area (Å²) in [5, 5.41) is 11.3. The maximum Gasteiger partial charge on any atom is 0.329 e. The van der Waals surface area contributed by atoms with E-state index in [0.29, 0.717) is 38.9 Å². The molecule has 2 N–H and O–H groups in total. The van der Waals surface area contributed by atoms with Gasteiger partial charge in [-0.3, -0.25) is 4.79 Å². The van der Waals surface area contributed by atoms with Crippen molar-refractivity contribution in [2.75, 3.05) is 33.3 Å². The molecule has 0 aromatic carbocycles. The number of hydrogen-bond acceptors (Lipinski definition) is 4. The smallest absolute Gasteiger partial charge is 0.329 e. The highest BCUT2D eigenvalue weighted by atomic mass is 16.5. The first-order valence-electron chi connectivity index (χ1n) is 7.11. The summed E-state index contributed by atoms with van der Waals surface area (Å²) in [6, 6.07) is -0.663. The zero-order valence-corrected chi connectivity index (χ0v) is 12.1. The molecule has 3 amide bonds. The Kier molecular flexibility index (Phi) is 5.00. The zero-order chi connectivity index (χ0) is 15.4. The summed E-state index contributed by atoms with van der Waals surface area (Å²) in [4.78, 5) is 37.5. The molecule has 1 unspecified atom stereocenters. The number of carboxylic acid groups (broad SMARTS) is 1. The Bertz CT molecular complexity index is 420. The van der Waals surface area contributed by atoms with Gasteiger partial charge in [0.2, 0.25) is 5.91 Å². The second kappa shape index (κ2) is 6.75. The van der Waals surface area contributed by atoms with Crippen LogP contribution < -0.4 is 5.32 Å². The van der Waals surface area contributed by atoms with Gasteiger partial charge in [-0.25, -0.2) is 9.59 Å². The van der Waals surface area contributed by atoms with Gasteiger partial charge in [-0.05, 0) is 19.3 Å². The highest BCUT2D eigenvalue weighted by Gasteiger charge is 2.32. The van der Waals surface area contributed by atoms with E-state index in [4.69, 9.17) is 9.84 Å². The zero-order valence-electron chi connectivity index (χ0n) is 12.1. The van der Waals surface area contributed by atoms with Crippen LogP contribution in [0.3, 0.4) is 0 Å². The van der Waals surface area contributed by atoms with Crippen LogP contribution in [0, 0.1) is 0 Å². The Hall–Kier alpha value is -1.83. The SMILES string of the molecule is CN1CCC(NC(=O)N2CCC(OCC(=O)O)CC2)C1=O. The normalized spacial score (nSPS) is 23.5. The second-order valence-corrected chi connectivity index (χ2v) is 5.44. The van der Waals surface area contributed by atoms with Gasteiger partial charge in [0, 0.05) is 26.7 Å². The van der Waals surface area contributed by atoms with E-state index in [2.05, 4.69) is 5.32 Å². The summed E-state index contributed by atoms with van der Waals surface area (Å²) in [7, 11) is 1.72. The van der Waals surface area contributed by atoms with Crippen LogP contribution in [0.1, 0.15) is 19.3 Å². The van der Waals surface area contributed by atoms with E-state index in [9.17, 15) is 14.4 Å². The topological polar surface area (TPSA) is 99.2 Å². The number of carbonyl (C=O) groups excluding carboxylic acids is 2. The average molecular weight is 299 g/mol. The van der Waals surface area contributed by atoms with Gasteiger partial charge in [0.1, 0.15) is 12.6 Å². The van der Waals surface area contributed by atoms with Gasteiger partial charge in [-0.2, -0.15) is 0 Å². The molecule has 8 nitrogen and oxygen atoms in total. The summed E-state index contributed by atoms with van der Waals surface area (Å²) in [5.74, 6) is -1.04. The number of carboxylic acids is 1. The van der Waals surface area contributed by atoms with Crippen molar-refractivity contribution in [3.05, 3.63) is 0 Å². The molecule has 2 heterocycles. The number of hydrogen-bond donors (Lipinski definition) is 2. The van der Waals surface area contributed by atoms with Crippen molar-refractivity contribution in [3.8, 4) is 0 Å². The molecule has 2 aliphatic heterocycles. The van der Waals surface area contributed by atoms with Crippen molar-refractivity contribution in [3.63, 3.8) is 0 Å². The molecule has 0 aromatic heterocycles. The molecule has 2 rings (SSSR count). The molecular formula is C13H21N3O5. The fourth-order valence-electron chi connectivity index (χ4n) is 2.61. The van der Waals surface area contributed by atoms with Crippen molar-refractivity contribution in [2.45, 2.75) is 31.4 Å². The maximum absolute atomic E-state index is 12.1. The fraction of sp³-hybridized carbons (Fsp3) is 0.769. The second-order valence-electron chi connectivity index (χ2n) is 5.44. The molecule has 8 heteroatoms. The molecule has 0 radical (unpaired) electrons. The predicted octanol–water partition coefficient (Wildman–Crippen LogP) is -0.508. The third-order valence-corrected chi connectivity index (χ3v) is 3.90. The lowest BCUT2D eigenvalue weighted by Crippen LogP contribution is -2.50. The van der Waals surface area contributed by atoms with Gasteiger partial charge in [0.15, 0.2) is 0 Å². The number of rotatable bonds is 4. The van der Waals surface area contributed by atoms with Crippen LogP contribution >= 0.6 is 0 Å². The molecule has 2 aliphatic rings. The molecule has 0 spiro atoms. The van der Waals surface area contributed by atoms with E-state index in [1.54, 1.807) is 16.8 Å². The van der Waals surface area contributed by atoms with E-state index in [-0.39, 0.29) is 24.6 Å². The molecule has 21 heavy (non-hydrogen) atoms. The third kappa shape index (κ3) is 4.07. The van der Waals surface area contributed by atoms with Gasteiger partial charge in [0.05, 0.1) is 6.10 Å². The first-order chi connectivity index (χ1) is 9.97. The van der Waals surface area contributed by atoms with E-state index >= 15 is 0 Å². The average Bonchev–Trinajstić information content (AvgIpc) is 2.77. The first-order valence-corrected chi connectivity index (χ1v) is 7.11. The quantitative estimate of drug-likeness (QED) is 0.728. The molecule has 0 bridgehead atoms. The van der Waals surface area contributed by atoms with Crippen molar-refractivity contribution in [1.82, 2.24) is 15.1 Å². The van der Waals surface area contributed by atoms with Crippen LogP contribution in [0.2, 0.25) is 0 Å². The molecule has 0 saturated carbocycles. The Morgan fingerprint density at radius 3 is 2.48 bits per heavy atom. The minimum atomic E-state index is -0.987. The number of aliphatic carboxylic acids is 1. The van der Waals surface area contributed by atoms with Gasteiger partial charge in [-0.15, -0.1) is 0 Å². The van der Waals surface area contributed by atoms with Crippen molar-refractivity contribution < 1.29 is 24.2 Å². The van der Waals surface area contributed by atoms with Crippen LogP contribution in [0.15, 0.2) is 0 Å². The van der Waals surface area contributed by atoms with E-state index in [1.165, 1.54) is 0 Å². The molecule has 0 aromatic rings. The molecule has 0 aliphatic carbocycles. The first kappa shape index (κ1) is 15.6. The van der Waals surface area contributed by atoms with Crippen LogP contribution in [0.25, 0.3) is 0 Å². The highest BCUT2D eigenvalue weighted by Crippen LogP contribution is 2.15. The lowest BCUT2D eigenvalue weighted by atomic mass is 10.1. The summed E-state index contributed by atoms with van der Waals surface area (Å²) >= 11 is 0. The van der Waals surface area contributed by atoms with Crippen molar-refractivity contribution >= 4 is 17.9 Å². The number of urea groups is 1. The standard InChI is InChI=1S/C13H21N3O5/c1-15-5-4-10(12(15)19)14-13(20)16-6-2-9(3-7-16)21-8-11(17)18/h9-10H,2-8H2,1H3,(H,14,20)(H,17,18). The van der Waals surface area contributed by atoms with Gasteiger partial charge in [0.25, 0.3) is 0 Å². The van der Waals surface area contributed by atoms with E-state index < -0.39 is 12.0 Å². The minimum Gasteiger partial charge on any atom is -0.480 e. The number of amides is 3. The third-order valence-electron chi connectivity index (χ3n) is 3.90. The summed E-state index contributed by atoms with van der Waals surface area (Å²) in [6.07, 6.45) is 1.74. The number of nitrogens with one attached hydrogen (secondary N) is 1. The monoisotopic (exact) mass is 299 g/mol. The summed E-state index contributed by atoms with van der Waals surface area (Å²) < 4.78 is 5.22. The number of likely N-dealkylation sites (tertiary alicyclic amines) is 2. The van der Waals surface area contributed by atoms with Crippen LogP contribution in [0.5, 0.6) is 0 Å². The number of ether oxygens (including phenoxy) is 1. The molecule has 2 fully saturated rings. The molecular weight excluding hydrogens is 278 g/mol. The highest BCUT2D eigenvalue weighted by molar-refractivity contribution is 5.88. The summed E-state index contributed by atoms with van der Waals surface area (Å²) in [6.45, 7) is 1.37. The lowest BCUT2D eigenvalue weighted by molar-refractivity contribution is -0.145. The molecule has 118 valence electrons. The van der Waals surface area contributed by atoms with Gasteiger partial charge in [-0.1, -0.05) is 0 Å². The largest absolute Gasteiger partial charge is 0.480 e. The van der Waals surface area contributed by atoms with Crippen LogP contribution in [-0.4, -0.2) is 78.2 Å².